The second-order valence-corrected chi connectivity index (χ2v) is 7.39. The van der Waals surface area contributed by atoms with Crippen LogP contribution in [0.1, 0.15) is 0 Å². The highest BCUT2D eigenvalue weighted by atomic mass is 32.2. The van der Waals surface area contributed by atoms with Gasteiger partial charge >= 0.3 is 5.97 Å². The summed E-state index contributed by atoms with van der Waals surface area (Å²) in [5.74, 6) is -0.668. The SMILES string of the molecule is NS(=O)c1ccc(-c2cc(NO)cc(-c3nc(SCC(=O)O)n[nH]3)c2)cc1. The molecule has 1 atom stereocenters. The summed E-state index contributed by atoms with van der Waals surface area (Å²) >= 11 is 1.00. The molecule has 2 aromatic carbocycles. The maximum absolute atomic E-state index is 11.3. The van der Waals surface area contributed by atoms with Gasteiger partial charge in [-0.1, -0.05) is 23.9 Å². The normalized spacial score (nSPS) is 11.9. The lowest BCUT2D eigenvalue weighted by Gasteiger charge is -2.08. The predicted octanol–water partition coefficient (Wildman–Crippen LogP) is 2.10. The van der Waals surface area contributed by atoms with E-state index in [1.807, 2.05) is 6.07 Å². The average molecular weight is 405 g/mol. The number of aromatic amines is 1. The van der Waals surface area contributed by atoms with E-state index in [9.17, 15) is 14.2 Å². The molecule has 27 heavy (non-hydrogen) atoms. The first-order valence-corrected chi connectivity index (χ1v) is 9.75. The molecule has 0 amide bonds. The second kappa shape index (κ2) is 8.31. The molecule has 0 aliphatic rings. The monoisotopic (exact) mass is 405 g/mol. The third-order valence-corrected chi connectivity index (χ3v) is 5.11. The Labute approximate surface area is 160 Å². The summed E-state index contributed by atoms with van der Waals surface area (Å²) in [4.78, 5) is 15.4. The van der Waals surface area contributed by atoms with E-state index < -0.39 is 17.0 Å². The van der Waals surface area contributed by atoms with Crippen LogP contribution >= 0.6 is 11.8 Å². The quantitative estimate of drug-likeness (QED) is 0.296. The Bertz CT molecular complexity index is 991. The number of hydrogen-bond acceptors (Lipinski definition) is 7. The summed E-state index contributed by atoms with van der Waals surface area (Å²) in [6.07, 6.45) is 0. The molecule has 0 spiro atoms. The van der Waals surface area contributed by atoms with E-state index in [4.69, 9.17) is 10.2 Å². The van der Waals surface area contributed by atoms with E-state index in [0.29, 0.717) is 27.1 Å². The Kier molecular flexibility index (Phi) is 5.86. The average Bonchev–Trinajstić information content (AvgIpc) is 3.15. The number of carbonyl (C=O) groups is 1. The van der Waals surface area contributed by atoms with Crippen LogP contribution < -0.4 is 10.6 Å². The number of benzene rings is 2. The van der Waals surface area contributed by atoms with Crippen LogP contribution in [0.3, 0.4) is 0 Å². The van der Waals surface area contributed by atoms with Crippen molar-refractivity contribution in [3.63, 3.8) is 0 Å². The fourth-order valence-electron chi connectivity index (χ4n) is 2.34. The van der Waals surface area contributed by atoms with Crippen molar-refractivity contribution in [1.82, 2.24) is 15.2 Å². The molecular formula is C16H15N5O4S2. The van der Waals surface area contributed by atoms with Gasteiger partial charge in [-0.25, -0.2) is 14.3 Å². The Balaban J connectivity index is 1.94. The molecule has 1 unspecified atom stereocenters. The van der Waals surface area contributed by atoms with E-state index in [2.05, 4.69) is 20.7 Å². The van der Waals surface area contributed by atoms with Crippen LogP contribution in [0.15, 0.2) is 52.5 Å². The number of nitrogens with one attached hydrogen (secondary N) is 2. The number of rotatable bonds is 7. The summed E-state index contributed by atoms with van der Waals surface area (Å²) in [6.45, 7) is 0. The number of nitrogens with zero attached hydrogens (tertiary/aromatic N) is 2. The number of carboxylic acid groups (broad SMARTS) is 1. The molecule has 6 N–H and O–H groups in total. The molecule has 11 heteroatoms. The number of nitrogens with two attached hydrogens (primary N) is 1. The second-order valence-electron chi connectivity index (χ2n) is 5.38. The fraction of sp³-hybridized carbons (Fsp3) is 0.0625. The Morgan fingerprint density at radius 2 is 1.89 bits per heavy atom. The zero-order valence-corrected chi connectivity index (χ0v) is 15.4. The van der Waals surface area contributed by atoms with Crippen LogP contribution in [0.2, 0.25) is 0 Å². The highest BCUT2D eigenvalue weighted by Crippen LogP contribution is 2.30. The van der Waals surface area contributed by atoms with Crippen LogP contribution in [0.5, 0.6) is 0 Å². The predicted molar refractivity (Wildman–Crippen MR) is 102 cm³/mol. The highest BCUT2D eigenvalue weighted by Gasteiger charge is 2.11. The van der Waals surface area contributed by atoms with Crippen LogP contribution in [-0.2, 0) is 15.8 Å². The molecule has 0 aliphatic carbocycles. The van der Waals surface area contributed by atoms with E-state index in [1.54, 1.807) is 36.4 Å². The zero-order chi connectivity index (χ0) is 19.4. The summed E-state index contributed by atoms with van der Waals surface area (Å²) in [7, 11) is -1.56. The maximum Gasteiger partial charge on any atom is 0.313 e. The van der Waals surface area contributed by atoms with Gasteiger partial charge in [0.05, 0.1) is 16.3 Å². The van der Waals surface area contributed by atoms with Gasteiger partial charge in [-0.3, -0.25) is 20.6 Å². The third-order valence-electron chi connectivity index (χ3n) is 3.55. The van der Waals surface area contributed by atoms with Gasteiger partial charge in [0.2, 0.25) is 5.16 Å². The molecule has 0 saturated heterocycles. The zero-order valence-electron chi connectivity index (χ0n) is 13.7. The minimum absolute atomic E-state index is 0.143. The molecule has 3 rings (SSSR count). The molecule has 140 valence electrons. The van der Waals surface area contributed by atoms with Gasteiger partial charge in [-0.2, -0.15) is 0 Å². The third kappa shape index (κ3) is 4.71. The van der Waals surface area contributed by atoms with Crippen molar-refractivity contribution in [2.24, 2.45) is 5.14 Å². The van der Waals surface area contributed by atoms with Crippen LogP contribution in [0.25, 0.3) is 22.5 Å². The minimum atomic E-state index is -1.56. The summed E-state index contributed by atoms with van der Waals surface area (Å²) < 4.78 is 11.3. The lowest BCUT2D eigenvalue weighted by atomic mass is 10.0. The molecule has 0 saturated carbocycles. The van der Waals surface area contributed by atoms with Crippen LogP contribution in [-0.4, -0.2) is 41.4 Å². The number of anilines is 1. The van der Waals surface area contributed by atoms with Crippen molar-refractivity contribution in [3.8, 4) is 22.5 Å². The van der Waals surface area contributed by atoms with E-state index in [-0.39, 0.29) is 5.75 Å². The van der Waals surface area contributed by atoms with Crippen molar-refractivity contribution < 1.29 is 19.3 Å². The van der Waals surface area contributed by atoms with Crippen molar-refractivity contribution >= 4 is 34.4 Å². The summed E-state index contributed by atoms with van der Waals surface area (Å²) in [5.41, 5.74) is 4.78. The Hall–Kier alpha value is -2.73. The van der Waals surface area contributed by atoms with E-state index in [1.165, 1.54) is 0 Å². The van der Waals surface area contributed by atoms with E-state index in [0.717, 1.165) is 22.9 Å². The molecule has 0 radical (unpaired) electrons. The van der Waals surface area contributed by atoms with Gasteiger partial charge in [0.25, 0.3) is 0 Å². The molecule has 0 aliphatic heterocycles. The molecule has 1 heterocycles. The van der Waals surface area contributed by atoms with Crippen molar-refractivity contribution in [1.29, 1.82) is 0 Å². The number of aromatic nitrogens is 3. The smallest absolute Gasteiger partial charge is 0.313 e. The Morgan fingerprint density at radius 3 is 2.52 bits per heavy atom. The maximum atomic E-state index is 11.3. The number of carboxylic acids is 1. The van der Waals surface area contributed by atoms with Gasteiger partial charge in [0.15, 0.2) is 5.82 Å². The lowest BCUT2D eigenvalue weighted by molar-refractivity contribution is -0.133. The minimum Gasteiger partial charge on any atom is -0.481 e. The molecule has 9 nitrogen and oxygen atoms in total. The first-order chi connectivity index (χ1) is 13.0. The first-order valence-electron chi connectivity index (χ1n) is 7.55. The van der Waals surface area contributed by atoms with Gasteiger partial charge in [0.1, 0.15) is 11.0 Å². The molecule has 0 fully saturated rings. The molecule has 0 bridgehead atoms. The molecule has 3 aromatic rings. The largest absolute Gasteiger partial charge is 0.481 e. The van der Waals surface area contributed by atoms with E-state index >= 15 is 0 Å². The molecular weight excluding hydrogens is 390 g/mol. The van der Waals surface area contributed by atoms with Gasteiger partial charge in [-0.15, -0.1) is 5.10 Å². The van der Waals surface area contributed by atoms with Crippen molar-refractivity contribution in [2.45, 2.75) is 10.1 Å². The summed E-state index contributed by atoms with van der Waals surface area (Å²) in [6, 6.07) is 12.1. The highest BCUT2D eigenvalue weighted by molar-refractivity contribution is 7.99. The van der Waals surface area contributed by atoms with Crippen molar-refractivity contribution in [2.75, 3.05) is 11.2 Å². The van der Waals surface area contributed by atoms with Gasteiger partial charge < -0.3 is 5.11 Å². The fourth-order valence-corrected chi connectivity index (χ4v) is 3.27. The van der Waals surface area contributed by atoms with Crippen LogP contribution in [0, 0.1) is 0 Å². The number of thioether (sulfide) groups is 1. The topological polar surface area (TPSA) is 154 Å². The first kappa shape index (κ1) is 19.0. The Morgan fingerprint density at radius 1 is 1.19 bits per heavy atom. The number of hydrogen-bond donors (Lipinski definition) is 5. The number of H-pyrrole nitrogens is 1. The van der Waals surface area contributed by atoms with Crippen LogP contribution in [0.4, 0.5) is 5.69 Å². The standard InChI is InChI=1S/C16H15N5O4S2/c17-27(25)13-3-1-9(2-4-13)10-5-11(7-12(6-10)21-24)15-18-16(20-19-15)26-8-14(22)23/h1-7,21,24H,8,17H2,(H,22,23)(H,18,19,20). The summed E-state index contributed by atoms with van der Waals surface area (Å²) in [5, 5.41) is 30.5. The van der Waals surface area contributed by atoms with Crippen molar-refractivity contribution in [3.05, 3.63) is 42.5 Å². The number of aliphatic carboxylic acids is 1. The van der Waals surface area contributed by atoms with Gasteiger partial charge in [-0.05, 0) is 41.5 Å². The van der Waals surface area contributed by atoms with Gasteiger partial charge in [0, 0.05) is 5.56 Å². The molecule has 1 aromatic heterocycles. The lowest BCUT2D eigenvalue weighted by Crippen LogP contribution is -2.01.